The second-order valence-electron chi connectivity index (χ2n) is 10.9. The van der Waals surface area contributed by atoms with Gasteiger partial charge in [0, 0.05) is 26.2 Å². The highest BCUT2D eigenvalue weighted by Crippen LogP contribution is 2.36. The first-order valence-corrected chi connectivity index (χ1v) is 14.1. The highest BCUT2D eigenvalue weighted by molar-refractivity contribution is 6.00. The van der Waals surface area contributed by atoms with Gasteiger partial charge in [0.05, 0.1) is 6.61 Å². The largest absolute Gasteiger partial charge is 0.494 e. The van der Waals surface area contributed by atoms with Gasteiger partial charge in [-0.15, -0.1) is 12.4 Å². The Morgan fingerprint density at radius 1 is 1.00 bits per heavy atom. The monoisotopic (exact) mass is 519 g/mol. The molecule has 1 atom stereocenters. The van der Waals surface area contributed by atoms with Crippen LogP contribution in [0, 0.1) is 5.92 Å². The van der Waals surface area contributed by atoms with Gasteiger partial charge in [-0.05, 0) is 55.7 Å². The van der Waals surface area contributed by atoms with Crippen LogP contribution in [-0.2, 0) is 16.1 Å². The number of halogens is 1. The molecule has 2 amide bonds. The SMILES string of the molecule is CCCCN1C(=O)C(CC2CCCCC2)NC(=O)C12CCN(Cc1ccc(OCCC)cc1)CC2.Cl. The number of hydrogen-bond acceptors (Lipinski definition) is 4. The Bertz CT molecular complexity index is 833. The number of ether oxygens (including phenoxy) is 1. The van der Waals surface area contributed by atoms with Crippen molar-refractivity contribution in [2.24, 2.45) is 5.92 Å². The molecule has 1 aromatic rings. The predicted molar refractivity (Wildman–Crippen MR) is 146 cm³/mol. The molecule has 0 bridgehead atoms. The van der Waals surface area contributed by atoms with E-state index < -0.39 is 5.54 Å². The van der Waals surface area contributed by atoms with Crippen molar-refractivity contribution in [1.29, 1.82) is 0 Å². The van der Waals surface area contributed by atoms with Gasteiger partial charge < -0.3 is 15.0 Å². The molecule has 1 aliphatic carbocycles. The van der Waals surface area contributed by atoms with Gasteiger partial charge in [0.1, 0.15) is 17.3 Å². The summed E-state index contributed by atoms with van der Waals surface area (Å²) in [6, 6.07) is 8.02. The first kappa shape index (κ1) is 28.8. The number of carbonyl (C=O) groups is 2. The first-order chi connectivity index (χ1) is 17.1. The van der Waals surface area contributed by atoms with Crippen LogP contribution in [0.15, 0.2) is 24.3 Å². The fourth-order valence-electron chi connectivity index (χ4n) is 6.18. The lowest BCUT2D eigenvalue weighted by atomic mass is 9.79. The molecule has 3 fully saturated rings. The summed E-state index contributed by atoms with van der Waals surface area (Å²) < 4.78 is 5.70. The minimum atomic E-state index is -0.677. The van der Waals surface area contributed by atoms with Crippen LogP contribution in [0.1, 0.15) is 90.0 Å². The van der Waals surface area contributed by atoms with Crippen LogP contribution < -0.4 is 10.1 Å². The molecular weight excluding hydrogens is 474 g/mol. The van der Waals surface area contributed by atoms with E-state index in [1.807, 2.05) is 17.0 Å². The molecule has 7 heteroatoms. The van der Waals surface area contributed by atoms with Gasteiger partial charge in [0.15, 0.2) is 0 Å². The van der Waals surface area contributed by atoms with Crippen LogP contribution in [0.5, 0.6) is 5.75 Å². The normalized spacial score (nSPS) is 22.8. The Morgan fingerprint density at radius 2 is 1.69 bits per heavy atom. The van der Waals surface area contributed by atoms with Crippen molar-refractivity contribution in [2.45, 2.75) is 103 Å². The van der Waals surface area contributed by atoms with Crippen molar-refractivity contribution in [3.05, 3.63) is 29.8 Å². The standard InChI is InChI=1S/C29H45N3O3.ClH/c1-3-5-17-32-27(33)26(21-23-9-7-6-8-10-23)30-28(34)29(32)15-18-31(19-16-29)22-24-11-13-25(14-12-24)35-20-4-2;/h11-14,23,26H,3-10,15-22H2,1-2H3,(H,30,34);1H. The molecule has 202 valence electrons. The number of benzene rings is 1. The zero-order valence-electron chi connectivity index (χ0n) is 22.3. The Kier molecular flexibility index (Phi) is 10.9. The summed E-state index contributed by atoms with van der Waals surface area (Å²) >= 11 is 0. The molecule has 0 aromatic heterocycles. The number of unbranched alkanes of at least 4 members (excludes halogenated alkanes) is 1. The second-order valence-corrected chi connectivity index (χ2v) is 10.9. The number of rotatable bonds is 10. The Morgan fingerprint density at radius 3 is 2.33 bits per heavy atom. The molecule has 1 aromatic carbocycles. The van der Waals surface area contributed by atoms with Crippen molar-refractivity contribution in [3.63, 3.8) is 0 Å². The van der Waals surface area contributed by atoms with E-state index in [1.54, 1.807) is 0 Å². The summed E-state index contributed by atoms with van der Waals surface area (Å²) in [4.78, 5) is 31.7. The summed E-state index contributed by atoms with van der Waals surface area (Å²) in [5, 5.41) is 3.21. The van der Waals surface area contributed by atoms with E-state index >= 15 is 0 Å². The van der Waals surface area contributed by atoms with E-state index in [1.165, 1.54) is 37.7 Å². The van der Waals surface area contributed by atoms with E-state index in [4.69, 9.17) is 4.74 Å². The minimum Gasteiger partial charge on any atom is -0.494 e. The third-order valence-corrected chi connectivity index (χ3v) is 8.32. The highest BCUT2D eigenvalue weighted by atomic mass is 35.5. The summed E-state index contributed by atoms with van der Waals surface area (Å²) in [7, 11) is 0. The molecule has 1 spiro atoms. The third kappa shape index (κ3) is 6.74. The second kappa shape index (κ2) is 13.7. The van der Waals surface area contributed by atoms with Crippen molar-refractivity contribution in [1.82, 2.24) is 15.1 Å². The van der Waals surface area contributed by atoms with E-state index in [0.29, 0.717) is 25.3 Å². The zero-order valence-corrected chi connectivity index (χ0v) is 23.1. The number of nitrogens with one attached hydrogen (secondary N) is 1. The van der Waals surface area contributed by atoms with Crippen LogP contribution >= 0.6 is 12.4 Å². The van der Waals surface area contributed by atoms with Crippen molar-refractivity contribution in [2.75, 3.05) is 26.2 Å². The van der Waals surface area contributed by atoms with Gasteiger partial charge >= 0.3 is 0 Å². The number of carbonyl (C=O) groups excluding carboxylic acids is 2. The third-order valence-electron chi connectivity index (χ3n) is 8.32. The number of hydrogen-bond donors (Lipinski definition) is 1. The molecule has 4 rings (SSSR count). The van der Waals surface area contributed by atoms with E-state index in [9.17, 15) is 9.59 Å². The summed E-state index contributed by atoms with van der Waals surface area (Å²) in [6.45, 7) is 8.21. The number of likely N-dealkylation sites (tertiary alicyclic amines) is 1. The lowest BCUT2D eigenvalue weighted by Gasteiger charge is -2.52. The van der Waals surface area contributed by atoms with E-state index in [2.05, 4.69) is 36.2 Å². The van der Waals surface area contributed by atoms with Gasteiger partial charge in [0.25, 0.3) is 0 Å². The lowest BCUT2D eigenvalue weighted by Crippen LogP contribution is -2.73. The summed E-state index contributed by atoms with van der Waals surface area (Å²) in [5.74, 6) is 1.74. The van der Waals surface area contributed by atoms with Gasteiger partial charge in [-0.25, -0.2) is 0 Å². The minimum absolute atomic E-state index is 0. The van der Waals surface area contributed by atoms with Gasteiger partial charge in [-0.3, -0.25) is 14.5 Å². The number of nitrogens with zero attached hydrogens (tertiary/aromatic N) is 2. The highest BCUT2D eigenvalue weighted by Gasteiger charge is 2.53. The first-order valence-electron chi connectivity index (χ1n) is 14.1. The molecule has 3 aliphatic rings. The summed E-state index contributed by atoms with van der Waals surface area (Å²) in [5.41, 5.74) is 0.577. The van der Waals surface area contributed by atoms with Crippen molar-refractivity contribution >= 4 is 24.2 Å². The van der Waals surface area contributed by atoms with Crippen LogP contribution in [-0.4, -0.2) is 59.4 Å². The zero-order chi connectivity index (χ0) is 24.7. The molecule has 2 saturated heterocycles. The van der Waals surface area contributed by atoms with Crippen LogP contribution in [0.3, 0.4) is 0 Å². The quantitative estimate of drug-likeness (QED) is 0.454. The van der Waals surface area contributed by atoms with E-state index in [0.717, 1.165) is 57.7 Å². The molecular formula is C29H46ClN3O3. The smallest absolute Gasteiger partial charge is 0.246 e. The lowest BCUT2D eigenvalue weighted by molar-refractivity contribution is -0.162. The number of piperazine rings is 1. The average molecular weight is 520 g/mol. The maximum Gasteiger partial charge on any atom is 0.246 e. The molecule has 36 heavy (non-hydrogen) atoms. The van der Waals surface area contributed by atoms with Crippen molar-refractivity contribution in [3.8, 4) is 5.75 Å². The molecule has 6 nitrogen and oxygen atoms in total. The average Bonchev–Trinajstić information content (AvgIpc) is 2.89. The summed E-state index contributed by atoms with van der Waals surface area (Å²) in [6.07, 6.45) is 11.4. The van der Waals surface area contributed by atoms with Crippen LogP contribution in [0.25, 0.3) is 0 Å². The number of piperidine rings is 1. The fraction of sp³-hybridized carbons (Fsp3) is 0.724. The van der Waals surface area contributed by atoms with Gasteiger partial charge in [-0.1, -0.05) is 64.5 Å². The predicted octanol–water partition coefficient (Wildman–Crippen LogP) is 5.33. The maximum atomic E-state index is 13.7. The fourth-order valence-corrected chi connectivity index (χ4v) is 6.18. The molecule has 1 unspecified atom stereocenters. The van der Waals surface area contributed by atoms with E-state index in [-0.39, 0.29) is 30.3 Å². The Hall–Kier alpha value is -1.79. The number of amides is 2. The maximum absolute atomic E-state index is 13.7. The topological polar surface area (TPSA) is 61.9 Å². The molecule has 2 heterocycles. The Labute approximate surface area is 223 Å². The van der Waals surface area contributed by atoms with Crippen molar-refractivity contribution < 1.29 is 14.3 Å². The van der Waals surface area contributed by atoms with Gasteiger partial charge in [0.2, 0.25) is 11.8 Å². The molecule has 2 aliphatic heterocycles. The molecule has 0 radical (unpaired) electrons. The Balaban J connectivity index is 0.00000361. The molecule has 1 N–H and O–H groups in total. The van der Waals surface area contributed by atoms with Crippen LogP contribution in [0.2, 0.25) is 0 Å². The molecule has 1 saturated carbocycles. The van der Waals surface area contributed by atoms with Gasteiger partial charge in [-0.2, -0.15) is 0 Å². The van der Waals surface area contributed by atoms with Crippen LogP contribution in [0.4, 0.5) is 0 Å².